The van der Waals surface area contributed by atoms with E-state index in [2.05, 4.69) is 26.6 Å². The van der Waals surface area contributed by atoms with Gasteiger partial charge < -0.3 is 15.1 Å². The highest BCUT2D eigenvalue weighted by Crippen LogP contribution is 2.36. The van der Waals surface area contributed by atoms with Crippen molar-refractivity contribution in [2.24, 2.45) is 0 Å². The summed E-state index contributed by atoms with van der Waals surface area (Å²) < 4.78 is 13.3. The summed E-state index contributed by atoms with van der Waals surface area (Å²) in [5.74, 6) is 2.05. The van der Waals surface area contributed by atoms with Gasteiger partial charge in [-0.25, -0.2) is 9.97 Å². The molecule has 0 bridgehead atoms. The fourth-order valence-corrected chi connectivity index (χ4v) is 5.80. The molecule has 3 aromatic rings. The normalized spacial score (nSPS) is 19.6. The number of likely N-dealkylation sites (N-methyl/N-ethyl adjacent to an activating group) is 1. The van der Waals surface area contributed by atoms with Gasteiger partial charge in [0.15, 0.2) is 5.82 Å². The van der Waals surface area contributed by atoms with Gasteiger partial charge in [-0.3, -0.25) is 9.89 Å². The summed E-state index contributed by atoms with van der Waals surface area (Å²) >= 11 is 0. The number of rotatable bonds is 6. The van der Waals surface area contributed by atoms with E-state index < -0.39 is 5.95 Å². The Bertz CT molecular complexity index is 1250. The molecule has 10 heteroatoms. The van der Waals surface area contributed by atoms with E-state index in [1.54, 1.807) is 13.1 Å². The van der Waals surface area contributed by atoms with Crippen LogP contribution in [0.2, 0.25) is 0 Å². The molecule has 1 amide bonds. The number of nitrogens with zero attached hydrogens (tertiary/aromatic N) is 6. The number of hydrogen-bond donors (Lipinski definition) is 2. The number of carbonyl (C=O) groups is 1. The van der Waals surface area contributed by atoms with Crippen LogP contribution in [0.25, 0.3) is 0 Å². The minimum absolute atomic E-state index is 0.0759. The van der Waals surface area contributed by atoms with Crippen molar-refractivity contribution in [3.63, 3.8) is 0 Å². The number of halogens is 1. The monoisotopic (exact) mass is 490 g/mol. The van der Waals surface area contributed by atoms with Gasteiger partial charge in [-0.05, 0) is 57.1 Å². The smallest absolute Gasteiger partial charge is 0.249 e. The zero-order chi connectivity index (χ0) is 24.6. The van der Waals surface area contributed by atoms with Crippen molar-refractivity contribution >= 4 is 29.2 Å². The van der Waals surface area contributed by atoms with Crippen LogP contribution in [0.3, 0.4) is 0 Å². The number of fused-ring (bicyclic) bond motifs is 1. The molecule has 9 nitrogen and oxygen atoms in total. The van der Waals surface area contributed by atoms with E-state index in [1.807, 2.05) is 4.90 Å². The number of aryl methyl sites for hydroxylation is 1. The van der Waals surface area contributed by atoms with Gasteiger partial charge in [-0.2, -0.15) is 14.5 Å². The second-order valence-corrected chi connectivity index (χ2v) is 10.1. The summed E-state index contributed by atoms with van der Waals surface area (Å²) in [4.78, 5) is 30.5. The Morgan fingerprint density at radius 3 is 2.81 bits per heavy atom. The maximum absolute atomic E-state index is 13.4. The minimum atomic E-state index is -0.569. The first-order chi connectivity index (χ1) is 17.6. The molecule has 3 aliphatic rings. The molecule has 2 fully saturated rings. The predicted octanol–water partition coefficient (Wildman–Crippen LogP) is 4.26. The van der Waals surface area contributed by atoms with E-state index in [1.165, 1.54) is 48.5 Å². The topological polar surface area (TPSA) is 103 Å². The Labute approximate surface area is 209 Å². The second kappa shape index (κ2) is 9.48. The number of pyridine rings is 1. The standard InChI is InChI=1S/C26H31FN8O/c1-34(17-11-12-22(27)28-15-17)25(36)21-10-5-13-35(21)26-29-19-9-4-8-18(19)24(31-26)30-23-14-20(32-33-23)16-6-2-3-7-16/h11-12,14-16,21H,2-10,13H2,1H3,(H2,29,30,31,32,33)/t21-/m0/s1. The van der Waals surface area contributed by atoms with E-state index in [0.717, 1.165) is 48.6 Å². The number of hydrogen-bond acceptors (Lipinski definition) is 7. The van der Waals surface area contributed by atoms with Crippen LogP contribution in [-0.4, -0.2) is 50.7 Å². The molecule has 1 atom stereocenters. The molecule has 1 aliphatic heterocycles. The van der Waals surface area contributed by atoms with Gasteiger partial charge in [0, 0.05) is 36.8 Å². The molecule has 0 spiro atoms. The molecule has 6 rings (SSSR count). The van der Waals surface area contributed by atoms with Crippen LogP contribution in [0.5, 0.6) is 0 Å². The fourth-order valence-electron chi connectivity index (χ4n) is 5.80. The average molecular weight is 491 g/mol. The van der Waals surface area contributed by atoms with Crippen LogP contribution in [-0.2, 0) is 17.6 Å². The predicted molar refractivity (Wildman–Crippen MR) is 135 cm³/mol. The Hall–Kier alpha value is -3.56. The number of aromatic amines is 1. The van der Waals surface area contributed by atoms with Crippen LogP contribution in [0.4, 0.5) is 27.7 Å². The highest BCUT2D eigenvalue weighted by atomic mass is 19.1. The molecule has 0 aromatic carbocycles. The van der Waals surface area contributed by atoms with Gasteiger partial charge in [-0.1, -0.05) is 12.8 Å². The van der Waals surface area contributed by atoms with Gasteiger partial charge in [0.25, 0.3) is 0 Å². The Kier molecular flexibility index (Phi) is 6.02. The van der Waals surface area contributed by atoms with E-state index in [-0.39, 0.29) is 11.9 Å². The molecule has 3 aromatic heterocycles. The summed E-state index contributed by atoms with van der Waals surface area (Å²) in [5.41, 5.74) is 3.93. The lowest BCUT2D eigenvalue weighted by Gasteiger charge is -2.28. The second-order valence-electron chi connectivity index (χ2n) is 10.1. The van der Waals surface area contributed by atoms with Crippen molar-refractivity contribution in [1.29, 1.82) is 0 Å². The number of H-pyrrole nitrogens is 1. The van der Waals surface area contributed by atoms with E-state index in [4.69, 9.17) is 9.97 Å². The van der Waals surface area contributed by atoms with E-state index >= 15 is 0 Å². The number of nitrogens with one attached hydrogen (secondary N) is 2. The molecule has 1 saturated carbocycles. The average Bonchev–Trinajstić information content (AvgIpc) is 3.69. The van der Waals surface area contributed by atoms with Crippen molar-refractivity contribution in [2.45, 2.75) is 69.7 Å². The van der Waals surface area contributed by atoms with Crippen LogP contribution < -0.4 is 15.1 Å². The molecule has 2 N–H and O–H groups in total. The highest BCUT2D eigenvalue weighted by molar-refractivity contribution is 5.98. The molecular weight excluding hydrogens is 459 g/mol. The van der Waals surface area contributed by atoms with Gasteiger partial charge >= 0.3 is 0 Å². The van der Waals surface area contributed by atoms with Crippen molar-refractivity contribution < 1.29 is 9.18 Å². The van der Waals surface area contributed by atoms with Crippen molar-refractivity contribution in [2.75, 3.05) is 28.7 Å². The summed E-state index contributed by atoms with van der Waals surface area (Å²) in [6.07, 6.45) is 10.8. The van der Waals surface area contributed by atoms with Crippen LogP contribution >= 0.6 is 0 Å². The molecule has 2 aliphatic carbocycles. The largest absolute Gasteiger partial charge is 0.329 e. The summed E-state index contributed by atoms with van der Waals surface area (Å²) in [6, 6.07) is 4.55. The zero-order valence-corrected chi connectivity index (χ0v) is 20.5. The lowest BCUT2D eigenvalue weighted by molar-refractivity contribution is -0.119. The minimum Gasteiger partial charge on any atom is -0.329 e. The SMILES string of the molecule is CN(C(=O)[C@@H]1CCCN1c1nc2c(c(Nc3cc(C4CCCC4)[nH]n3)n1)CCC2)c1ccc(F)nc1. The molecule has 1 saturated heterocycles. The Morgan fingerprint density at radius 2 is 2.00 bits per heavy atom. The third kappa shape index (κ3) is 4.29. The van der Waals surface area contributed by atoms with Gasteiger partial charge in [0.2, 0.25) is 17.8 Å². The lowest BCUT2D eigenvalue weighted by Crippen LogP contribution is -2.45. The van der Waals surface area contributed by atoms with Gasteiger partial charge in [-0.15, -0.1) is 0 Å². The maximum Gasteiger partial charge on any atom is 0.249 e. The maximum atomic E-state index is 13.4. The molecule has 36 heavy (non-hydrogen) atoms. The third-order valence-electron chi connectivity index (χ3n) is 7.78. The fraction of sp³-hybridized carbons (Fsp3) is 0.500. The van der Waals surface area contributed by atoms with Gasteiger partial charge in [0.1, 0.15) is 11.9 Å². The van der Waals surface area contributed by atoms with Gasteiger partial charge in [0.05, 0.1) is 17.6 Å². The zero-order valence-electron chi connectivity index (χ0n) is 20.5. The first-order valence-corrected chi connectivity index (χ1v) is 12.9. The molecular formula is C26H31FN8O. The van der Waals surface area contributed by atoms with Crippen molar-refractivity contribution in [3.05, 3.63) is 47.3 Å². The molecule has 4 heterocycles. The van der Waals surface area contributed by atoms with Crippen LogP contribution in [0, 0.1) is 5.95 Å². The number of aromatic nitrogens is 5. The first-order valence-electron chi connectivity index (χ1n) is 12.9. The van der Waals surface area contributed by atoms with E-state index in [0.29, 0.717) is 30.5 Å². The van der Waals surface area contributed by atoms with Crippen molar-refractivity contribution in [1.82, 2.24) is 25.1 Å². The van der Waals surface area contributed by atoms with Crippen LogP contribution in [0.15, 0.2) is 24.4 Å². The molecule has 0 radical (unpaired) electrons. The Morgan fingerprint density at radius 1 is 1.14 bits per heavy atom. The highest BCUT2D eigenvalue weighted by Gasteiger charge is 2.36. The molecule has 188 valence electrons. The number of carbonyl (C=O) groups excluding carboxylic acids is 1. The third-order valence-corrected chi connectivity index (χ3v) is 7.78. The molecule has 0 unspecified atom stereocenters. The number of amides is 1. The lowest BCUT2D eigenvalue weighted by atomic mass is 10.0. The van der Waals surface area contributed by atoms with Crippen LogP contribution in [0.1, 0.15) is 67.8 Å². The van der Waals surface area contributed by atoms with E-state index in [9.17, 15) is 9.18 Å². The van der Waals surface area contributed by atoms with Crippen molar-refractivity contribution in [3.8, 4) is 0 Å². The first kappa shape index (κ1) is 22.9. The summed E-state index contributed by atoms with van der Waals surface area (Å²) in [5, 5.41) is 11.2. The quantitative estimate of drug-likeness (QED) is 0.498. The summed E-state index contributed by atoms with van der Waals surface area (Å²) in [6.45, 7) is 0.707. The Balaban J connectivity index is 1.26. The summed E-state index contributed by atoms with van der Waals surface area (Å²) in [7, 11) is 1.70. The number of anilines is 4.